The lowest BCUT2D eigenvalue weighted by Crippen LogP contribution is -2.26. The van der Waals surface area contributed by atoms with Crippen molar-refractivity contribution in [2.75, 3.05) is 0 Å². The number of aromatic nitrogens is 4. The lowest BCUT2D eigenvalue weighted by atomic mass is 9.98. The van der Waals surface area contributed by atoms with Gasteiger partial charge in [-0.3, -0.25) is 9.48 Å². The zero-order valence-electron chi connectivity index (χ0n) is 15.5. The summed E-state index contributed by atoms with van der Waals surface area (Å²) in [6.07, 6.45) is 1.79. The molecule has 3 aromatic rings. The van der Waals surface area contributed by atoms with Gasteiger partial charge < -0.3 is 9.47 Å². The molecule has 0 bridgehead atoms. The number of hydrogen-bond acceptors (Lipinski definition) is 6. The standard InChI is InChI=1S/C19H19IN4O3/c1-10-21-7-14-12-6-13-15(5-11(12)9-26-18(14)22-10)24(23-17(13)20)8-16(25)27-19(2,3)4/h5-7H,8-9H2,1-4H3. The maximum atomic E-state index is 12.2. The average Bonchev–Trinajstić information content (AvgIpc) is 2.86. The fourth-order valence-corrected chi connectivity index (χ4v) is 3.79. The highest BCUT2D eigenvalue weighted by Crippen LogP contribution is 2.38. The molecule has 1 aliphatic rings. The lowest BCUT2D eigenvalue weighted by molar-refractivity contribution is -0.155. The van der Waals surface area contributed by atoms with Gasteiger partial charge in [-0.15, -0.1) is 0 Å². The average molecular weight is 478 g/mol. The van der Waals surface area contributed by atoms with E-state index in [1.165, 1.54) is 0 Å². The number of nitrogens with zero attached hydrogens (tertiary/aromatic N) is 4. The van der Waals surface area contributed by atoms with E-state index in [9.17, 15) is 4.79 Å². The Balaban J connectivity index is 1.77. The summed E-state index contributed by atoms with van der Waals surface area (Å²) in [6, 6.07) is 4.10. The molecule has 0 radical (unpaired) electrons. The Kier molecular flexibility index (Phi) is 4.32. The molecule has 1 aromatic carbocycles. The molecule has 1 aliphatic heterocycles. The van der Waals surface area contributed by atoms with Crippen LogP contribution in [0.25, 0.3) is 22.0 Å². The first kappa shape index (κ1) is 18.1. The van der Waals surface area contributed by atoms with Gasteiger partial charge in [-0.2, -0.15) is 10.1 Å². The second-order valence-electron chi connectivity index (χ2n) is 7.49. The first-order chi connectivity index (χ1) is 12.7. The van der Waals surface area contributed by atoms with E-state index in [0.717, 1.165) is 31.3 Å². The van der Waals surface area contributed by atoms with Crippen LogP contribution in [0.2, 0.25) is 0 Å². The van der Waals surface area contributed by atoms with Crippen LogP contribution in [-0.2, 0) is 22.7 Å². The lowest BCUT2D eigenvalue weighted by Gasteiger charge is -2.20. The third-order valence-electron chi connectivity index (χ3n) is 4.16. The zero-order valence-corrected chi connectivity index (χ0v) is 17.7. The number of benzene rings is 1. The van der Waals surface area contributed by atoms with Crippen molar-refractivity contribution < 1.29 is 14.3 Å². The SMILES string of the molecule is Cc1ncc2c(n1)OCc1cc3c(cc1-2)c(I)nn3CC(=O)OC(C)(C)C. The Bertz CT molecular complexity index is 1070. The molecule has 0 N–H and O–H groups in total. The van der Waals surface area contributed by atoms with Crippen molar-refractivity contribution in [1.29, 1.82) is 0 Å². The van der Waals surface area contributed by atoms with Gasteiger partial charge in [-0.25, -0.2) is 4.98 Å². The van der Waals surface area contributed by atoms with Crippen LogP contribution in [0.1, 0.15) is 32.2 Å². The number of ether oxygens (including phenoxy) is 2. The van der Waals surface area contributed by atoms with Crippen molar-refractivity contribution in [2.24, 2.45) is 0 Å². The normalized spacial score (nSPS) is 13.1. The van der Waals surface area contributed by atoms with Gasteiger partial charge >= 0.3 is 5.97 Å². The topological polar surface area (TPSA) is 79.1 Å². The molecule has 0 saturated heterocycles. The monoisotopic (exact) mass is 478 g/mol. The van der Waals surface area contributed by atoms with Crippen LogP contribution in [0.15, 0.2) is 18.3 Å². The maximum absolute atomic E-state index is 12.2. The van der Waals surface area contributed by atoms with E-state index in [0.29, 0.717) is 18.3 Å². The minimum atomic E-state index is -0.526. The molecule has 0 saturated carbocycles. The van der Waals surface area contributed by atoms with Crippen molar-refractivity contribution in [1.82, 2.24) is 19.7 Å². The molecular formula is C19H19IN4O3. The third kappa shape index (κ3) is 3.50. The number of carbonyl (C=O) groups is 1. The fraction of sp³-hybridized carbons (Fsp3) is 0.368. The van der Waals surface area contributed by atoms with Crippen LogP contribution in [0, 0.1) is 10.6 Å². The number of fused-ring (bicyclic) bond motifs is 4. The molecule has 4 rings (SSSR count). The number of hydrogen-bond donors (Lipinski definition) is 0. The van der Waals surface area contributed by atoms with Crippen LogP contribution >= 0.6 is 22.6 Å². The molecule has 2 aromatic heterocycles. The summed E-state index contributed by atoms with van der Waals surface area (Å²) in [5.41, 5.74) is 3.29. The van der Waals surface area contributed by atoms with Gasteiger partial charge in [0.25, 0.3) is 0 Å². The predicted octanol–water partition coefficient (Wildman–Crippen LogP) is 3.64. The quantitative estimate of drug-likeness (QED) is 0.414. The molecule has 27 heavy (non-hydrogen) atoms. The van der Waals surface area contributed by atoms with E-state index >= 15 is 0 Å². The van der Waals surface area contributed by atoms with Crippen molar-refractivity contribution in [3.63, 3.8) is 0 Å². The molecule has 0 aliphatic carbocycles. The third-order valence-corrected chi connectivity index (χ3v) is 4.95. The fourth-order valence-electron chi connectivity index (χ4n) is 3.10. The van der Waals surface area contributed by atoms with Crippen LogP contribution in [0.4, 0.5) is 0 Å². The van der Waals surface area contributed by atoms with Gasteiger partial charge in [-0.1, -0.05) is 0 Å². The van der Waals surface area contributed by atoms with Gasteiger partial charge in [0.05, 0.1) is 11.1 Å². The molecule has 0 unspecified atom stereocenters. The van der Waals surface area contributed by atoms with Crippen molar-refractivity contribution in [3.8, 4) is 17.0 Å². The van der Waals surface area contributed by atoms with Crippen LogP contribution in [-0.4, -0.2) is 31.3 Å². The minimum Gasteiger partial charge on any atom is -0.472 e. The van der Waals surface area contributed by atoms with Crippen molar-refractivity contribution >= 4 is 39.5 Å². The molecule has 0 atom stereocenters. The molecule has 0 fully saturated rings. The summed E-state index contributed by atoms with van der Waals surface area (Å²) >= 11 is 2.19. The Labute approximate surface area is 170 Å². The Morgan fingerprint density at radius 3 is 2.85 bits per heavy atom. The molecule has 8 heteroatoms. The van der Waals surface area contributed by atoms with Crippen LogP contribution in [0.3, 0.4) is 0 Å². The zero-order chi connectivity index (χ0) is 19.3. The smallest absolute Gasteiger partial charge is 0.328 e. The van der Waals surface area contributed by atoms with Crippen molar-refractivity contribution in [2.45, 2.75) is 46.4 Å². The molecular weight excluding hydrogens is 459 g/mol. The minimum absolute atomic E-state index is 0.0648. The van der Waals surface area contributed by atoms with E-state index in [2.05, 4.69) is 43.7 Å². The number of rotatable bonds is 2. The maximum Gasteiger partial charge on any atom is 0.328 e. The van der Waals surface area contributed by atoms with Gasteiger partial charge in [0, 0.05) is 11.6 Å². The van der Waals surface area contributed by atoms with Crippen LogP contribution < -0.4 is 4.74 Å². The summed E-state index contributed by atoms with van der Waals surface area (Å²) in [4.78, 5) is 20.9. The second-order valence-corrected chi connectivity index (χ2v) is 8.51. The molecule has 7 nitrogen and oxygen atoms in total. The summed E-state index contributed by atoms with van der Waals surface area (Å²) in [5.74, 6) is 0.968. The number of esters is 1. The number of halogens is 1. The van der Waals surface area contributed by atoms with E-state index in [1.54, 1.807) is 10.9 Å². The first-order valence-electron chi connectivity index (χ1n) is 8.59. The largest absolute Gasteiger partial charge is 0.472 e. The Morgan fingerprint density at radius 2 is 2.11 bits per heavy atom. The van der Waals surface area contributed by atoms with Gasteiger partial charge in [0.15, 0.2) is 0 Å². The van der Waals surface area contributed by atoms with Gasteiger partial charge in [-0.05, 0) is 73.5 Å². The van der Waals surface area contributed by atoms with E-state index < -0.39 is 5.60 Å². The highest BCUT2D eigenvalue weighted by molar-refractivity contribution is 14.1. The Morgan fingerprint density at radius 1 is 1.33 bits per heavy atom. The summed E-state index contributed by atoms with van der Waals surface area (Å²) in [6.45, 7) is 7.88. The van der Waals surface area contributed by atoms with Gasteiger partial charge in [0.2, 0.25) is 5.88 Å². The van der Waals surface area contributed by atoms with Crippen LogP contribution in [0.5, 0.6) is 5.88 Å². The molecule has 0 spiro atoms. The molecule has 140 valence electrons. The molecule has 0 amide bonds. The highest BCUT2D eigenvalue weighted by atomic mass is 127. The molecule has 3 heterocycles. The predicted molar refractivity (Wildman–Crippen MR) is 108 cm³/mol. The summed E-state index contributed by atoms with van der Waals surface area (Å²) in [5, 5.41) is 5.51. The van der Waals surface area contributed by atoms with Gasteiger partial charge in [0.1, 0.15) is 28.3 Å². The summed E-state index contributed by atoms with van der Waals surface area (Å²) in [7, 11) is 0. The van der Waals surface area contributed by atoms with Crippen molar-refractivity contribution in [3.05, 3.63) is 33.4 Å². The Hall–Kier alpha value is -2.23. The van der Waals surface area contributed by atoms with E-state index in [-0.39, 0.29) is 12.5 Å². The number of carbonyl (C=O) groups excluding carboxylic acids is 1. The second kappa shape index (κ2) is 6.43. The summed E-state index contributed by atoms with van der Waals surface area (Å²) < 4.78 is 13.7. The number of aryl methyl sites for hydroxylation is 1. The first-order valence-corrected chi connectivity index (χ1v) is 9.67. The van der Waals surface area contributed by atoms with E-state index in [4.69, 9.17) is 9.47 Å². The van der Waals surface area contributed by atoms with E-state index in [1.807, 2.05) is 33.8 Å². The highest BCUT2D eigenvalue weighted by Gasteiger charge is 2.23.